The average Bonchev–Trinajstić information content (AvgIpc) is 2.94. The fraction of sp³-hybridized carbons (Fsp3) is 0.0556. The average molecular weight is 426 g/mol. The highest BCUT2D eigenvalue weighted by Gasteiger charge is 2.43. The van der Waals surface area contributed by atoms with Gasteiger partial charge in [-0.05, 0) is 18.2 Å². The molecule has 2 aromatic carbocycles. The normalized spacial score (nSPS) is 14.0. The lowest BCUT2D eigenvalue weighted by Crippen LogP contribution is -2.25. The summed E-state index contributed by atoms with van der Waals surface area (Å²) < 4.78 is 62.3. The summed E-state index contributed by atoms with van der Waals surface area (Å²) in [5.74, 6) is -3.67. The van der Waals surface area contributed by atoms with Crippen LogP contribution in [0.3, 0.4) is 0 Å². The molecule has 1 N–H and O–H groups in total. The summed E-state index contributed by atoms with van der Waals surface area (Å²) in [6.45, 7) is 0. The molecule has 0 bridgehead atoms. The quantitative estimate of drug-likeness (QED) is 0.618. The van der Waals surface area contributed by atoms with Crippen LogP contribution in [0.5, 0.6) is 11.5 Å². The second-order valence-electron chi connectivity index (χ2n) is 5.78. The molecule has 4 rings (SSSR count). The minimum absolute atomic E-state index is 0.0459. The second kappa shape index (κ2) is 6.89. The van der Waals surface area contributed by atoms with Gasteiger partial charge in [-0.15, -0.1) is 8.78 Å². The van der Waals surface area contributed by atoms with E-state index in [0.29, 0.717) is 0 Å². The van der Waals surface area contributed by atoms with Gasteiger partial charge in [-0.2, -0.15) is 0 Å². The highest BCUT2D eigenvalue weighted by atomic mass is 35.5. The predicted molar refractivity (Wildman–Crippen MR) is 93.0 cm³/mol. The van der Waals surface area contributed by atoms with E-state index in [2.05, 4.69) is 24.8 Å². The number of fused-ring (bicyclic) bond motifs is 1. The van der Waals surface area contributed by atoms with E-state index in [1.807, 2.05) is 0 Å². The van der Waals surface area contributed by atoms with Crippen LogP contribution < -0.4 is 14.8 Å². The topological polar surface area (TPSA) is 73.3 Å². The molecular formula is C18H8ClF4N3O3. The van der Waals surface area contributed by atoms with Crippen LogP contribution in [0.15, 0.2) is 42.7 Å². The molecule has 0 saturated carbocycles. The van der Waals surface area contributed by atoms with Crippen molar-refractivity contribution < 1.29 is 31.8 Å². The van der Waals surface area contributed by atoms with Gasteiger partial charge in [0.25, 0.3) is 5.91 Å². The van der Waals surface area contributed by atoms with Crippen LogP contribution in [-0.2, 0) is 0 Å². The van der Waals surface area contributed by atoms with Crippen molar-refractivity contribution in [1.29, 1.82) is 0 Å². The van der Waals surface area contributed by atoms with Crippen molar-refractivity contribution in [2.75, 3.05) is 5.32 Å². The smallest absolute Gasteiger partial charge is 0.395 e. The first-order valence-corrected chi connectivity index (χ1v) is 8.28. The Morgan fingerprint density at radius 2 is 1.69 bits per heavy atom. The van der Waals surface area contributed by atoms with Crippen LogP contribution in [0.4, 0.5) is 23.4 Å². The van der Waals surface area contributed by atoms with Gasteiger partial charge < -0.3 is 14.8 Å². The Labute approximate surface area is 165 Å². The maximum absolute atomic E-state index is 13.7. The number of rotatable bonds is 3. The van der Waals surface area contributed by atoms with Crippen LogP contribution in [0, 0.1) is 11.6 Å². The molecule has 0 radical (unpaired) electrons. The number of carbonyl (C=O) groups is 1. The number of amides is 1. The predicted octanol–water partition coefficient (Wildman–Crippen LogP) is 4.65. The molecule has 0 spiro atoms. The van der Waals surface area contributed by atoms with Gasteiger partial charge in [0.2, 0.25) is 0 Å². The Bertz CT molecular complexity index is 1110. The maximum Gasteiger partial charge on any atom is 0.586 e. The monoisotopic (exact) mass is 425 g/mol. The highest BCUT2D eigenvalue weighted by molar-refractivity contribution is 6.33. The molecule has 1 aromatic heterocycles. The summed E-state index contributed by atoms with van der Waals surface area (Å²) in [4.78, 5) is 20.0. The van der Waals surface area contributed by atoms with E-state index < -0.39 is 29.4 Å². The van der Waals surface area contributed by atoms with Crippen molar-refractivity contribution in [3.05, 3.63) is 64.9 Å². The number of carbonyl (C=O) groups excluding carboxylic acids is 1. The van der Waals surface area contributed by atoms with Crippen molar-refractivity contribution in [3.8, 4) is 22.8 Å². The molecule has 29 heavy (non-hydrogen) atoms. The van der Waals surface area contributed by atoms with Gasteiger partial charge in [0, 0.05) is 11.6 Å². The number of benzene rings is 2. The number of anilines is 1. The van der Waals surface area contributed by atoms with Crippen LogP contribution >= 0.6 is 11.6 Å². The van der Waals surface area contributed by atoms with E-state index in [-0.39, 0.29) is 33.6 Å². The Balaban J connectivity index is 1.57. The molecule has 0 atom stereocenters. The number of halogens is 5. The van der Waals surface area contributed by atoms with E-state index in [1.54, 1.807) is 0 Å². The number of hydrogen-bond acceptors (Lipinski definition) is 5. The Morgan fingerprint density at radius 1 is 1.03 bits per heavy atom. The highest BCUT2D eigenvalue weighted by Crippen LogP contribution is 2.45. The van der Waals surface area contributed by atoms with Crippen molar-refractivity contribution in [1.82, 2.24) is 9.97 Å². The minimum atomic E-state index is -3.80. The lowest BCUT2D eigenvalue weighted by atomic mass is 10.1. The number of alkyl halides is 2. The lowest BCUT2D eigenvalue weighted by Gasteiger charge is -2.08. The lowest BCUT2D eigenvalue weighted by molar-refractivity contribution is -0.286. The van der Waals surface area contributed by atoms with Crippen LogP contribution in [0.25, 0.3) is 11.3 Å². The van der Waals surface area contributed by atoms with E-state index in [4.69, 9.17) is 11.6 Å². The second-order valence-corrected chi connectivity index (χ2v) is 6.19. The zero-order valence-corrected chi connectivity index (χ0v) is 14.8. The van der Waals surface area contributed by atoms with E-state index in [9.17, 15) is 22.4 Å². The Morgan fingerprint density at radius 3 is 2.31 bits per heavy atom. The third-order valence-corrected chi connectivity index (χ3v) is 4.16. The number of hydrogen-bond donors (Lipinski definition) is 1. The fourth-order valence-corrected chi connectivity index (χ4v) is 2.84. The summed E-state index contributed by atoms with van der Waals surface area (Å²) in [5.41, 5.74) is -0.373. The van der Waals surface area contributed by atoms with Crippen LogP contribution in [0.2, 0.25) is 5.02 Å². The molecule has 1 aliphatic heterocycles. The van der Waals surface area contributed by atoms with Crippen LogP contribution in [-0.4, -0.2) is 22.2 Å². The number of nitrogens with one attached hydrogen (secondary N) is 1. The molecule has 0 unspecified atom stereocenters. The minimum Gasteiger partial charge on any atom is -0.395 e. The molecule has 1 amide bonds. The molecule has 11 heteroatoms. The SMILES string of the molecule is O=C(Nc1cnc(-c2cc3c(cc2Cl)OC(F)(F)O3)cn1)c1c(F)cccc1F. The number of ether oxygens (including phenoxy) is 2. The standard InChI is InChI=1S/C18H8ClF4N3O3/c19-9-5-14-13(28-18(22,23)29-14)4-8(9)12-6-25-15(7-24-12)26-17(27)16-10(20)2-1-3-11(16)21/h1-7H,(H,25,26,27). The number of aromatic nitrogens is 2. The van der Waals surface area contributed by atoms with E-state index in [1.165, 1.54) is 12.3 Å². The molecule has 6 nitrogen and oxygen atoms in total. The molecule has 148 valence electrons. The first kappa shape index (κ1) is 18.9. The summed E-state index contributed by atoms with van der Waals surface area (Å²) in [6, 6.07) is 5.36. The van der Waals surface area contributed by atoms with Crippen molar-refractivity contribution in [2.24, 2.45) is 0 Å². The number of nitrogens with zero attached hydrogens (tertiary/aromatic N) is 2. The zero-order chi connectivity index (χ0) is 20.8. The maximum atomic E-state index is 13.7. The molecule has 2 heterocycles. The van der Waals surface area contributed by atoms with Gasteiger partial charge in [-0.3, -0.25) is 9.78 Å². The molecule has 0 saturated heterocycles. The van der Waals surface area contributed by atoms with Gasteiger partial charge in [-0.1, -0.05) is 17.7 Å². The van der Waals surface area contributed by atoms with Gasteiger partial charge in [0.1, 0.15) is 17.2 Å². The molecule has 0 fully saturated rings. The van der Waals surface area contributed by atoms with Gasteiger partial charge in [0.15, 0.2) is 17.3 Å². The van der Waals surface area contributed by atoms with E-state index in [0.717, 1.165) is 30.5 Å². The fourth-order valence-electron chi connectivity index (χ4n) is 2.59. The van der Waals surface area contributed by atoms with Crippen molar-refractivity contribution >= 4 is 23.3 Å². The van der Waals surface area contributed by atoms with Crippen molar-refractivity contribution in [3.63, 3.8) is 0 Å². The van der Waals surface area contributed by atoms with Crippen molar-refractivity contribution in [2.45, 2.75) is 6.29 Å². The zero-order valence-electron chi connectivity index (χ0n) is 14.1. The molecule has 1 aliphatic rings. The van der Waals surface area contributed by atoms with Crippen LogP contribution in [0.1, 0.15) is 10.4 Å². The summed E-state index contributed by atoms with van der Waals surface area (Å²) >= 11 is 6.07. The molecule has 3 aromatic rings. The largest absolute Gasteiger partial charge is 0.586 e. The third-order valence-electron chi connectivity index (χ3n) is 3.85. The van der Waals surface area contributed by atoms with E-state index >= 15 is 0 Å². The Hall–Kier alpha value is -3.40. The molecular weight excluding hydrogens is 418 g/mol. The summed E-state index contributed by atoms with van der Waals surface area (Å²) in [6.07, 6.45) is -1.50. The van der Waals surface area contributed by atoms with Gasteiger partial charge in [-0.25, -0.2) is 13.8 Å². The summed E-state index contributed by atoms with van der Waals surface area (Å²) in [7, 11) is 0. The first-order chi connectivity index (χ1) is 13.7. The summed E-state index contributed by atoms with van der Waals surface area (Å²) in [5, 5.41) is 2.26. The first-order valence-electron chi connectivity index (χ1n) is 7.91. The van der Waals surface area contributed by atoms with Gasteiger partial charge >= 0.3 is 6.29 Å². The third kappa shape index (κ3) is 3.66. The Kier molecular flexibility index (Phi) is 4.50. The molecule has 0 aliphatic carbocycles. The van der Waals surface area contributed by atoms with Gasteiger partial charge in [0.05, 0.1) is 23.1 Å².